The first-order chi connectivity index (χ1) is 8.04. The molecule has 2 rings (SSSR count). The van der Waals surface area contributed by atoms with Crippen LogP contribution in [0.2, 0.25) is 0 Å². The van der Waals surface area contributed by atoms with Crippen molar-refractivity contribution >= 4 is 27.4 Å². The summed E-state index contributed by atoms with van der Waals surface area (Å²) in [7, 11) is 0. The van der Waals surface area contributed by atoms with Crippen molar-refractivity contribution in [2.24, 2.45) is 0 Å². The lowest BCUT2D eigenvalue weighted by molar-refractivity contribution is 0.631. The van der Waals surface area contributed by atoms with E-state index in [1.54, 1.807) is 25.1 Å². The van der Waals surface area contributed by atoms with Gasteiger partial charge in [-0.1, -0.05) is 6.07 Å². The number of aromatic nitrogens is 2. The molecule has 0 aliphatic carbocycles. The molecular formula is C12H11BrFN3. The predicted octanol–water partition coefficient (Wildman–Crippen LogP) is 3.74. The number of rotatable bonds is 2. The van der Waals surface area contributed by atoms with Gasteiger partial charge in [0.05, 0.1) is 5.69 Å². The second-order valence-corrected chi connectivity index (χ2v) is 4.54. The number of halogens is 2. The minimum Gasteiger partial charge on any atom is -0.338 e. The van der Waals surface area contributed by atoms with Crippen LogP contribution in [-0.4, -0.2) is 9.97 Å². The molecule has 88 valence electrons. The summed E-state index contributed by atoms with van der Waals surface area (Å²) in [6, 6.07) is 6.60. The molecule has 17 heavy (non-hydrogen) atoms. The first-order valence-electron chi connectivity index (χ1n) is 5.09. The molecule has 0 atom stereocenters. The summed E-state index contributed by atoms with van der Waals surface area (Å²) in [5.74, 6) is 0.881. The Hall–Kier alpha value is -1.49. The molecule has 0 spiro atoms. The van der Waals surface area contributed by atoms with Crippen molar-refractivity contribution in [3.63, 3.8) is 0 Å². The second kappa shape index (κ2) is 4.79. The SMILES string of the molecule is Cc1ccc(F)c(Nc2cc(Br)nc(C)n2)c1. The molecule has 0 aliphatic rings. The standard InChI is InChI=1S/C12H11BrFN3/c1-7-3-4-9(14)10(5-7)17-12-6-11(13)15-8(2)16-12/h3-6H,1-2H3,(H,15,16,17). The van der Waals surface area contributed by atoms with E-state index < -0.39 is 0 Å². The van der Waals surface area contributed by atoms with Gasteiger partial charge >= 0.3 is 0 Å². The fraction of sp³-hybridized carbons (Fsp3) is 0.167. The van der Waals surface area contributed by atoms with E-state index in [1.165, 1.54) is 6.07 Å². The topological polar surface area (TPSA) is 37.8 Å². The van der Waals surface area contributed by atoms with Gasteiger partial charge in [-0.3, -0.25) is 0 Å². The summed E-state index contributed by atoms with van der Waals surface area (Å²) >= 11 is 3.27. The third-order valence-electron chi connectivity index (χ3n) is 2.19. The summed E-state index contributed by atoms with van der Waals surface area (Å²) in [6.45, 7) is 3.69. The fourth-order valence-corrected chi connectivity index (χ4v) is 1.94. The number of nitrogens with one attached hydrogen (secondary N) is 1. The smallest absolute Gasteiger partial charge is 0.146 e. The van der Waals surface area contributed by atoms with Crippen molar-refractivity contribution in [3.05, 3.63) is 46.1 Å². The highest BCUT2D eigenvalue weighted by atomic mass is 79.9. The van der Waals surface area contributed by atoms with Crippen molar-refractivity contribution in [2.75, 3.05) is 5.32 Å². The molecule has 3 nitrogen and oxygen atoms in total. The third kappa shape index (κ3) is 3.00. The molecule has 0 radical (unpaired) electrons. The van der Waals surface area contributed by atoms with Crippen LogP contribution in [-0.2, 0) is 0 Å². The minimum absolute atomic E-state index is 0.303. The molecule has 1 heterocycles. The normalized spacial score (nSPS) is 10.4. The van der Waals surface area contributed by atoms with E-state index in [0.29, 0.717) is 21.9 Å². The summed E-state index contributed by atoms with van der Waals surface area (Å²) in [6.07, 6.45) is 0. The highest BCUT2D eigenvalue weighted by Crippen LogP contribution is 2.21. The summed E-state index contributed by atoms with van der Waals surface area (Å²) in [4.78, 5) is 8.27. The van der Waals surface area contributed by atoms with Crippen molar-refractivity contribution in [1.82, 2.24) is 9.97 Å². The van der Waals surface area contributed by atoms with Crippen LogP contribution in [0.5, 0.6) is 0 Å². The first kappa shape index (κ1) is 12.0. The highest BCUT2D eigenvalue weighted by Gasteiger charge is 2.05. The van der Waals surface area contributed by atoms with Crippen LogP contribution >= 0.6 is 15.9 Å². The average Bonchev–Trinajstić information content (AvgIpc) is 2.22. The zero-order chi connectivity index (χ0) is 12.4. The number of aryl methyl sites for hydroxylation is 2. The van der Waals surface area contributed by atoms with E-state index in [9.17, 15) is 4.39 Å². The Morgan fingerprint density at radius 2 is 1.94 bits per heavy atom. The predicted molar refractivity (Wildman–Crippen MR) is 68.9 cm³/mol. The summed E-state index contributed by atoms with van der Waals surface area (Å²) in [5.41, 5.74) is 1.40. The molecule has 1 N–H and O–H groups in total. The van der Waals surface area contributed by atoms with Crippen molar-refractivity contribution in [2.45, 2.75) is 13.8 Å². The molecule has 0 saturated heterocycles. The lowest BCUT2D eigenvalue weighted by atomic mass is 10.2. The van der Waals surface area contributed by atoms with E-state index in [0.717, 1.165) is 5.56 Å². The van der Waals surface area contributed by atoms with Crippen molar-refractivity contribution < 1.29 is 4.39 Å². The van der Waals surface area contributed by atoms with Gasteiger partial charge in [-0.2, -0.15) is 0 Å². The van der Waals surface area contributed by atoms with Gasteiger partial charge in [-0.05, 0) is 47.5 Å². The molecular weight excluding hydrogens is 285 g/mol. The van der Waals surface area contributed by atoms with E-state index in [4.69, 9.17) is 0 Å². The van der Waals surface area contributed by atoms with E-state index >= 15 is 0 Å². The Kier molecular flexibility index (Phi) is 3.38. The Balaban J connectivity index is 2.34. The van der Waals surface area contributed by atoms with Crippen LogP contribution in [0.1, 0.15) is 11.4 Å². The maximum atomic E-state index is 13.5. The van der Waals surface area contributed by atoms with Crippen LogP contribution in [0.4, 0.5) is 15.9 Å². The molecule has 0 saturated carbocycles. The molecule has 1 aromatic carbocycles. The Morgan fingerprint density at radius 3 is 2.65 bits per heavy atom. The van der Waals surface area contributed by atoms with Gasteiger partial charge in [-0.25, -0.2) is 14.4 Å². The minimum atomic E-state index is -0.303. The van der Waals surface area contributed by atoms with Crippen LogP contribution in [0.15, 0.2) is 28.9 Å². The Bertz CT molecular complexity index is 537. The van der Waals surface area contributed by atoms with E-state index in [1.807, 2.05) is 6.92 Å². The van der Waals surface area contributed by atoms with Crippen molar-refractivity contribution in [3.8, 4) is 0 Å². The third-order valence-corrected chi connectivity index (χ3v) is 2.60. The van der Waals surface area contributed by atoms with Gasteiger partial charge in [-0.15, -0.1) is 0 Å². The first-order valence-corrected chi connectivity index (χ1v) is 5.88. The molecule has 0 fully saturated rings. The Labute approximate surface area is 107 Å². The lowest BCUT2D eigenvalue weighted by Crippen LogP contribution is -1.99. The van der Waals surface area contributed by atoms with E-state index in [2.05, 4.69) is 31.2 Å². The van der Waals surface area contributed by atoms with Gasteiger partial charge in [0.25, 0.3) is 0 Å². The van der Waals surface area contributed by atoms with Crippen LogP contribution in [0.25, 0.3) is 0 Å². The molecule has 0 aliphatic heterocycles. The maximum absolute atomic E-state index is 13.5. The van der Waals surface area contributed by atoms with Gasteiger partial charge in [0.1, 0.15) is 22.1 Å². The van der Waals surface area contributed by atoms with Crippen molar-refractivity contribution in [1.29, 1.82) is 0 Å². The average molecular weight is 296 g/mol. The molecule has 5 heteroatoms. The number of nitrogens with zero attached hydrogens (tertiary/aromatic N) is 2. The lowest BCUT2D eigenvalue weighted by Gasteiger charge is -2.08. The summed E-state index contributed by atoms with van der Waals surface area (Å²) in [5, 5.41) is 2.94. The van der Waals surface area contributed by atoms with E-state index in [-0.39, 0.29) is 5.82 Å². The monoisotopic (exact) mass is 295 g/mol. The van der Waals surface area contributed by atoms with Gasteiger partial charge < -0.3 is 5.32 Å². The number of benzene rings is 1. The largest absolute Gasteiger partial charge is 0.338 e. The van der Waals surface area contributed by atoms with Gasteiger partial charge in [0.15, 0.2) is 0 Å². The zero-order valence-corrected chi connectivity index (χ0v) is 11.0. The summed E-state index contributed by atoms with van der Waals surface area (Å²) < 4.78 is 14.2. The maximum Gasteiger partial charge on any atom is 0.146 e. The van der Waals surface area contributed by atoms with Gasteiger partial charge in [0.2, 0.25) is 0 Å². The van der Waals surface area contributed by atoms with Crippen LogP contribution in [0.3, 0.4) is 0 Å². The molecule has 0 unspecified atom stereocenters. The molecule has 0 bridgehead atoms. The second-order valence-electron chi connectivity index (χ2n) is 3.73. The number of hydrogen-bond donors (Lipinski definition) is 1. The number of anilines is 2. The molecule has 0 amide bonds. The zero-order valence-electron chi connectivity index (χ0n) is 9.46. The fourth-order valence-electron chi connectivity index (χ4n) is 1.47. The van der Waals surface area contributed by atoms with Crippen LogP contribution < -0.4 is 5.32 Å². The highest BCUT2D eigenvalue weighted by molar-refractivity contribution is 9.10. The quantitative estimate of drug-likeness (QED) is 0.858. The molecule has 1 aromatic heterocycles. The van der Waals surface area contributed by atoms with Crippen LogP contribution in [0, 0.1) is 19.7 Å². The Morgan fingerprint density at radius 1 is 1.18 bits per heavy atom. The van der Waals surface area contributed by atoms with Gasteiger partial charge in [0, 0.05) is 6.07 Å². The molecule has 2 aromatic rings. The number of hydrogen-bond acceptors (Lipinski definition) is 3.